The number of azo groups is 1. The Morgan fingerprint density at radius 3 is 2.40 bits per heavy atom. The van der Waals surface area contributed by atoms with E-state index in [1.807, 2.05) is 6.07 Å². The van der Waals surface area contributed by atoms with Crippen molar-refractivity contribution < 1.29 is 0 Å². The molecule has 1 unspecified atom stereocenters. The van der Waals surface area contributed by atoms with Gasteiger partial charge in [0.2, 0.25) is 0 Å². The third-order valence-corrected chi connectivity index (χ3v) is 5.76. The third-order valence-electron chi connectivity index (χ3n) is 4.63. The number of para-hydroxylation sites is 1. The molecular formula is C20H20N4S. The van der Waals surface area contributed by atoms with Gasteiger partial charge < -0.3 is 9.47 Å². The van der Waals surface area contributed by atoms with Crippen LogP contribution in [0.3, 0.4) is 0 Å². The molecule has 0 saturated carbocycles. The fraction of sp³-hybridized carbons (Fsp3) is 0.200. The second kappa shape index (κ2) is 6.41. The van der Waals surface area contributed by atoms with Gasteiger partial charge in [0.1, 0.15) is 5.69 Å². The number of rotatable bonds is 3. The highest BCUT2D eigenvalue weighted by atomic mass is 32.2. The van der Waals surface area contributed by atoms with Crippen LogP contribution in [0.1, 0.15) is 6.92 Å². The average molecular weight is 348 g/mol. The van der Waals surface area contributed by atoms with Crippen molar-refractivity contribution in [2.45, 2.75) is 12.4 Å². The zero-order chi connectivity index (χ0) is 17.4. The van der Waals surface area contributed by atoms with Gasteiger partial charge in [-0.1, -0.05) is 60.3 Å². The molecule has 4 nitrogen and oxygen atoms in total. The number of aromatic nitrogens is 1. The van der Waals surface area contributed by atoms with Crippen LogP contribution in [-0.2, 0) is 7.05 Å². The normalized spacial score (nSPS) is 17.6. The van der Waals surface area contributed by atoms with Crippen LogP contribution in [0.15, 0.2) is 75.9 Å². The summed E-state index contributed by atoms with van der Waals surface area (Å²) in [5, 5.41) is 12.6. The largest absolute Gasteiger partial charge is 0.346 e. The zero-order valence-corrected chi connectivity index (χ0v) is 15.4. The Hall–Kier alpha value is -2.53. The van der Waals surface area contributed by atoms with E-state index in [-0.39, 0.29) is 5.50 Å². The third kappa shape index (κ3) is 2.74. The summed E-state index contributed by atoms with van der Waals surface area (Å²) in [4.78, 5) is 2.14. The average Bonchev–Trinajstić information content (AvgIpc) is 3.12. The number of benzene rings is 2. The smallest absolute Gasteiger partial charge is 0.193 e. The molecule has 126 valence electrons. The Morgan fingerprint density at radius 1 is 0.960 bits per heavy atom. The first-order valence-corrected chi connectivity index (χ1v) is 9.20. The molecule has 2 heterocycles. The van der Waals surface area contributed by atoms with Gasteiger partial charge in [0.15, 0.2) is 5.50 Å². The van der Waals surface area contributed by atoms with E-state index in [4.69, 9.17) is 5.11 Å². The number of hydrogen-bond donors (Lipinski definition) is 0. The molecule has 0 aliphatic carbocycles. The molecular weight excluding hydrogens is 328 g/mol. The second-order valence-corrected chi connectivity index (χ2v) is 7.12. The predicted molar refractivity (Wildman–Crippen MR) is 106 cm³/mol. The molecule has 0 saturated heterocycles. The molecule has 0 bridgehead atoms. The summed E-state index contributed by atoms with van der Waals surface area (Å²) in [5.74, 6) is 0. The van der Waals surface area contributed by atoms with Gasteiger partial charge in [0, 0.05) is 30.7 Å². The molecule has 4 rings (SSSR count). The van der Waals surface area contributed by atoms with Gasteiger partial charge in [-0.15, -0.1) is 0 Å². The molecule has 3 aromatic rings. The lowest BCUT2D eigenvalue weighted by molar-refractivity contribution is 0.403. The molecule has 0 N–H and O–H groups in total. The Morgan fingerprint density at radius 2 is 1.68 bits per heavy atom. The van der Waals surface area contributed by atoms with E-state index in [1.165, 1.54) is 5.70 Å². The summed E-state index contributed by atoms with van der Waals surface area (Å²) < 4.78 is 2.20. The molecule has 5 heteroatoms. The number of hydrogen-bond acceptors (Lipinski definition) is 4. The number of aryl methyl sites for hydroxylation is 1. The summed E-state index contributed by atoms with van der Waals surface area (Å²) in [7, 11) is 4.14. The van der Waals surface area contributed by atoms with Crippen LogP contribution in [0.4, 0.5) is 5.69 Å². The Labute approximate surface area is 151 Å². The fourth-order valence-electron chi connectivity index (χ4n) is 3.12. The number of nitrogens with zero attached hydrogens (tertiary/aromatic N) is 4. The lowest BCUT2D eigenvalue weighted by Gasteiger charge is -2.17. The highest BCUT2D eigenvalue weighted by Crippen LogP contribution is 2.40. The van der Waals surface area contributed by atoms with Crippen LogP contribution in [0.2, 0.25) is 0 Å². The highest BCUT2D eigenvalue weighted by molar-refractivity contribution is 8.02. The first kappa shape index (κ1) is 16.0. The van der Waals surface area contributed by atoms with Crippen LogP contribution >= 0.6 is 11.8 Å². The Balaban J connectivity index is 1.85. The topological polar surface area (TPSA) is 32.9 Å². The van der Waals surface area contributed by atoms with Crippen LogP contribution in [0.25, 0.3) is 22.2 Å². The number of allylic oxidation sites excluding steroid dienone is 1. The molecule has 1 aliphatic heterocycles. The Bertz CT molecular complexity index is 972. The molecule has 0 amide bonds. The van der Waals surface area contributed by atoms with E-state index < -0.39 is 0 Å². The molecule has 0 spiro atoms. The maximum Gasteiger partial charge on any atom is 0.193 e. The van der Waals surface area contributed by atoms with Crippen molar-refractivity contribution >= 4 is 28.4 Å². The second-order valence-electron chi connectivity index (χ2n) is 6.19. The molecule has 1 atom stereocenters. The van der Waals surface area contributed by atoms with Crippen molar-refractivity contribution in [2.24, 2.45) is 17.3 Å². The van der Waals surface area contributed by atoms with E-state index >= 15 is 0 Å². The number of thioether (sulfide) groups is 1. The summed E-state index contributed by atoms with van der Waals surface area (Å²) in [5.41, 5.74) is 5.57. The maximum atomic E-state index is 4.71. The minimum Gasteiger partial charge on any atom is -0.346 e. The van der Waals surface area contributed by atoms with Gasteiger partial charge in [-0.2, -0.15) is 10.2 Å². The van der Waals surface area contributed by atoms with Crippen LogP contribution < -0.4 is 0 Å². The van der Waals surface area contributed by atoms with Crippen molar-refractivity contribution in [1.82, 2.24) is 9.47 Å². The van der Waals surface area contributed by atoms with Crippen molar-refractivity contribution in [3.8, 4) is 11.3 Å². The van der Waals surface area contributed by atoms with Crippen molar-refractivity contribution in [3.05, 3.63) is 65.7 Å². The van der Waals surface area contributed by atoms with Gasteiger partial charge in [0.25, 0.3) is 0 Å². The summed E-state index contributed by atoms with van der Waals surface area (Å²) in [6.45, 7) is 2.09. The summed E-state index contributed by atoms with van der Waals surface area (Å²) in [6, 6.07) is 18.7. The van der Waals surface area contributed by atoms with Crippen LogP contribution in [0, 0.1) is 0 Å². The van der Waals surface area contributed by atoms with Gasteiger partial charge in [-0.3, -0.25) is 0 Å². The van der Waals surface area contributed by atoms with E-state index in [2.05, 4.69) is 89.5 Å². The predicted octanol–water partition coefficient (Wildman–Crippen LogP) is 5.75. The fourth-order valence-corrected chi connectivity index (χ4v) is 4.06. The van der Waals surface area contributed by atoms with E-state index in [1.54, 1.807) is 11.8 Å². The Kier molecular flexibility index (Phi) is 4.09. The highest BCUT2D eigenvalue weighted by Gasteiger charge is 2.21. The van der Waals surface area contributed by atoms with Crippen LogP contribution in [0.5, 0.6) is 0 Å². The standard InChI is InChI=1S/C20H20N4S/c1-14-13-25-20(23(14)2)22-21-18-16-11-7-8-12-17(16)24(3)19(18)15-9-5-4-6-10-15/h4-13,20H,1-3H3. The van der Waals surface area contributed by atoms with Crippen molar-refractivity contribution in [1.29, 1.82) is 0 Å². The monoisotopic (exact) mass is 348 g/mol. The zero-order valence-electron chi connectivity index (χ0n) is 14.5. The quantitative estimate of drug-likeness (QED) is 0.564. The minimum atomic E-state index is 0.00240. The summed E-state index contributed by atoms with van der Waals surface area (Å²) >= 11 is 1.69. The molecule has 2 aromatic carbocycles. The minimum absolute atomic E-state index is 0.00240. The molecule has 0 fully saturated rings. The SMILES string of the molecule is CC1=CSC(N=Nc2c(-c3ccccc3)n(C)c3ccccc23)N1C. The summed E-state index contributed by atoms with van der Waals surface area (Å²) in [6.07, 6.45) is 0. The molecule has 25 heavy (non-hydrogen) atoms. The first-order chi connectivity index (χ1) is 12.2. The van der Waals surface area contributed by atoms with Gasteiger partial charge in [-0.05, 0) is 18.4 Å². The van der Waals surface area contributed by atoms with Gasteiger partial charge >= 0.3 is 0 Å². The lowest BCUT2D eigenvalue weighted by atomic mass is 10.1. The maximum absolute atomic E-state index is 4.71. The van der Waals surface area contributed by atoms with E-state index in [0.29, 0.717) is 0 Å². The van der Waals surface area contributed by atoms with Gasteiger partial charge in [0.05, 0.1) is 11.2 Å². The van der Waals surface area contributed by atoms with Crippen LogP contribution in [-0.4, -0.2) is 22.0 Å². The van der Waals surface area contributed by atoms with Crippen molar-refractivity contribution in [3.63, 3.8) is 0 Å². The van der Waals surface area contributed by atoms with Crippen molar-refractivity contribution in [2.75, 3.05) is 7.05 Å². The number of fused-ring (bicyclic) bond motifs is 1. The lowest BCUT2D eigenvalue weighted by Crippen LogP contribution is -2.20. The molecule has 1 aromatic heterocycles. The van der Waals surface area contributed by atoms with E-state index in [0.717, 1.165) is 27.8 Å². The first-order valence-electron chi connectivity index (χ1n) is 8.25. The van der Waals surface area contributed by atoms with E-state index in [9.17, 15) is 0 Å². The molecule has 0 radical (unpaired) electrons. The van der Waals surface area contributed by atoms with Gasteiger partial charge in [-0.25, -0.2) is 0 Å². The molecule has 1 aliphatic rings.